The topological polar surface area (TPSA) is 125 Å². The lowest BCUT2D eigenvalue weighted by Gasteiger charge is -2.12. The maximum absolute atomic E-state index is 12.7. The summed E-state index contributed by atoms with van der Waals surface area (Å²) in [4.78, 5) is 22.4. The number of hydrogen-bond acceptors (Lipinski definition) is 7. The summed E-state index contributed by atoms with van der Waals surface area (Å²) in [7, 11) is -4.51. The number of nitrogens with zero attached hydrogens (tertiary/aromatic N) is 1. The van der Waals surface area contributed by atoms with Gasteiger partial charge in [-0.05, 0) is 31.2 Å². The molecule has 0 aliphatic carbocycles. The maximum Gasteiger partial charge on any atom is 0.416 e. The zero-order chi connectivity index (χ0) is 22.7. The van der Waals surface area contributed by atoms with Gasteiger partial charge < -0.3 is 4.74 Å². The summed E-state index contributed by atoms with van der Waals surface area (Å²) >= 11 is 5.78. The van der Waals surface area contributed by atoms with Crippen LogP contribution in [0, 0.1) is 10.1 Å². The highest BCUT2D eigenvalue weighted by Gasteiger charge is 2.31. The van der Waals surface area contributed by atoms with E-state index in [-0.39, 0.29) is 18.1 Å². The average molecular weight is 469 g/mol. The summed E-state index contributed by atoms with van der Waals surface area (Å²) in [6.07, 6.45) is -4.63. The molecule has 1 amide bonds. The zero-order valence-corrected chi connectivity index (χ0v) is 16.5. The second-order valence-corrected chi connectivity index (χ2v) is 7.23. The number of nitro groups is 1. The number of alkyl halides is 3. The van der Waals surface area contributed by atoms with Gasteiger partial charge >= 0.3 is 16.5 Å². The van der Waals surface area contributed by atoms with Crippen molar-refractivity contribution in [3.8, 4) is 11.5 Å². The lowest BCUT2D eigenvalue weighted by molar-refractivity contribution is -0.385. The van der Waals surface area contributed by atoms with Gasteiger partial charge in [0.2, 0.25) is 0 Å². The Morgan fingerprint density at radius 1 is 1.23 bits per heavy atom. The molecule has 0 radical (unpaired) electrons. The van der Waals surface area contributed by atoms with E-state index in [1.165, 1.54) is 11.6 Å². The first-order valence-electron chi connectivity index (χ1n) is 7.88. The van der Waals surface area contributed by atoms with Crippen LogP contribution in [0.2, 0.25) is 5.02 Å². The lowest BCUT2D eigenvalue weighted by atomic mass is 10.1. The Kier molecular flexibility index (Phi) is 6.90. The van der Waals surface area contributed by atoms with Gasteiger partial charge in [-0.25, -0.2) is 4.72 Å². The Hall–Kier alpha value is -2.90. The van der Waals surface area contributed by atoms with Gasteiger partial charge in [0.25, 0.3) is 11.6 Å². The molecule has 0 atom stereocenters. The van der Waals surface area contributed by atoms with Crippen LogP contribution >= 0.6 is 11.6 Å². The van der Waals surface area contributed by atoms with Gasteiger partial charge in [0.05, 0.1) is 22.1 Å². The highest BCUT2D eigenvalue weighted by Crippen LogP contribution is 2.37. The molecule has 162 valence electrons. The first-order valence-corrected chi connectivity index (χ1v) is 9.67. The van der Waals surface area contributed by atoms with E-state index in [0.717, 1.165) is 24.3 Å². The smallest absolute Gasteiger partial charge is 0.416 e. The van der Waals surface area contributed by atoms with Crippen LogP contribution in [0.3, 0.4) is 0 Å². The van der Waals surface area contributed by atoms with Crippen molar-refractivity contribution in [3.63, 3.8) is 0 Å². The molecule has 1 N–H and O–H groups in total. The van der Waals surface area contributed by atoms with E-state index in [9.17, 15) is 36.5 Å². The molecule has 30 heavy (non-hydrogen) atoms. The fourth-order valence-electron chi connectivity index (χ4n) is 2.16. The highest BCUT2D eigenvalue weighted by atomic mass is 35.5. The predicted molar refractivity (Wildman–Crippen MR) is 97.6 cm³/mol. The molecular formula is C16H12ClF3N2O7S. The third-order valence-electron chi connectivity index (χ3n) is 3.39. The minimum Gasteiger partial charge on any atom is -0.456 e. The number of ether oxygens (including phenoxy) is 1. The van der Waals surface area contributed by atoms with Crippen molar-refractivity contribution in [1.82, 2.24) is 4.72 Å². The van der Waals surface area contributed by atoms with Crippen LogP contribution in [0.5, 0.6) is 11.5 Å². The molecule has 0 fully saturated rings. The number of amides is 1. The molecule has 0 aliphatic rings. The second-order valence-electron chi connectivity index (χ2n) is 5.47. The Morgan fingerprint density at radius 3 is 2.43 bits per heavy atom. The SMILES string of the molecule is CCOS(=O)(=O)NC(=O)c1cc(Oc2ccc(C(F)(F)F)cc2Cl)ccc1[N+](=O)[O-]. The highest BCUT2D eigenvalue weighted by molar-refractivity contribution is 7.85. The molecule has 0 unspecified atom stereocenters. The Morgan fingerprint density at radius 2 is 1.90 bits per heavy atom. The number of benzene rings is 2. The third-order valence-corrected chi connectivity index (χ3v) is 4.66. The van der Waals surface area contributed by atoms with Gasteiger partial charge in [-0.1, -0.05) is 11.6 Å². The molecule has 0 heterocycles. The Balaban J connectivity index is 2.39. The quantitative estimate of drug-likeness (QED) is 0.479. The van der Waals surface area contributed by atoms with Crippen LogP contribution in [0.15, 0.2) is 36.4 Å². The Bertz CT molecular complexity index is 1090. The number of nitrogens with one attached hydrogen (secondary N) is 1. The number of rotatable bonds is 7. The van der Waals surface area contributed by atoms with Crippen molar-refractivity contribution in [3.05, 3.63) is 62.7 Å². The van der Waals surface area contributed by atoms with Crippen LogP contribution in [0.25, 0.3) is 0 Å². The van der Waals surface area contributed by atoms with Crippen molar-refractivity contribution in [2.75, 3.05) is 6.61 Å². The van der Waals surface area contributed by atoms with Crippen LogP contribution in [0.1, 0.15) is 22.8 Å². The number of hydrogen-bond donors (Lipinski definition) is 1. The summed E-state index contributed by atoms with van der Waals surface area (Å²) in [5, 5.41) is 10.7. The zero-order valence-electron chi connectivity index (χ0n) is 14.9. The van der Waals surface area contributed by atoms with Crippen LogP contribution in [0.4, 0.5) is 18.9 Å². The first-order chi connectivity index (χ1) is 13.8. The van der Waals surface area contributed by atoms with Gasteiger partial charge in [0.15, 0.2) is 0 Å². The van der Waals surface area contributed by atoms with Gasteiger partial charge in [0, 0.05) is 12.1 Å². The van der Waals surface area contributed by atoms with E-state index in [1.807, 2.05) is 0 Å². The monoisotopic (exact) mass is 468 g/mol. The van der Waals surface area contributed by atoms with Crippen LogP contribution in [-0.2, 0) is 20.7 Å². The second kappa shape index (κ2) is 8.85. The maximum atomic E-state index is 12.7. The van der Waals surface area contributed by atoms with E-state index < -0.39 is 49.1 Å². The number of nitro benzene ring substituents is 1. The van der Waals surface area contributed by atoms with Gasteiger partial charge in [-0.2, -0.15) is 21.6 Å². The van der Waals surface area contributed by atoms with E-state index in [2.05, 4.69) is 4.18 Å². The van der Waals surface area contributed by atoms with Crippen LogP contribution in [-0.4, -0.2) is 25.9 Å². The number of halogens is 4. The molecule has 2 rings (SSSR count). The molecule has 0 aliphatic heterocycles. The first kappa shape index (κ1) is 23.4. The van der Waals surface area contributed by atoms with Crippen LogP contribution < -0.4 is 9.46 Å². The standard InChI is InChI=1S/C16H12ClF3N2O7S/c1-2-28-30(26,27)21-15(23)11-8-10(4-5-13(11)22(24)25)29-14-6-3-9(7-12(14)17)16(18,19)20/h3-8H,2H2,1H3,(H,21,23). The van der Waals surface area contributed by atoms with Crippen molar-refractivity contribution >= 4 is 33.5 Å². The predicted octanol–water partition coefficient (Wildman–Crippen LogP) is 4.07. The molecule has 2 aromatic rings. The average Bonchev–Trinajstić information content (AvgIpc) is 2.61. The molecule has 0 spiro atoms. The van der Waals surface area contributed by atoms with Crippen molar-refractivity contribution in [2.45, 2.75) is 13.1 Å². The molecule has 2 aromatic carbocycles. The summed E-state index contributed by atoms with van der Waals surface area (Å²) in [6.45, 7) is 1.05. The fourth-order valence-corrected chi connectivity index (χ4v) is 3.09. The minimum absolute atomic E-state index is 0.221. The largest absolute Gasteiger partial charge is 0.456 e. The minimum atomic E-state index is -4.63. The van der Waals surface area contributed by atoms with E-state index in [1.54, 1.807) is 0 Å². The summed E-state index contributed by atoms with van der Waals surface area (Å²) < 4.78 is 72.4. The van der Waals surface area contributed by atoms with Crippen molar-refractivity contribution in [2.24, 2.45) is 0 Å². The van der Waals surface area contributed by atoms with Gasteiger partial charge in [0.1, 0.15) is 17.1 Å². The van der Waals surface area contributed by atoms with E-state index in [4.69, 9.17) is 16.3 Å². The molecule has 9 nitrogen and oxygen atoms in total. The van der Waals surface area contributed by atoms with Crippen molar-refractivity contribution < 1.29 is 40.2 Å². The molecule has 0 saturated carbocycles. The summed E-state index contributed by atoms with van der Waals surface area (Å²) in [6, 6.07) is 4.99. The molecule has 0 aromatic heterocycles. The molecular weight excluding hydrogens is 457 g/mol. The van der Waals surface area contributed by atoms with Gasteiger partial charge in [-0.15, -0.1) is 0 Å². The molecule has 0 bridgehead atoms. The third kappa shape index (κ3) is 5.81. The van der Waals surface area contributed by atoms with Crippen molar-refractivity contribution in [1.29, 1.82) is 0 Å². The summed E-state index contributed by atoms with van der Waals surface area (Å²) in [5.74, 6) is -1.83. The fraction of sp³-hybridized carbons (Fsp3) is 0.188. The molecule has 0 saturated heterocycles. The normalized spacial score (nSPS) is 11.8. The summed E-state index contributed by atoms with van der Waals surface area (Å²) in [5.41, 5.74) is -2.46. The lowest BCUT2D eigenvalue weighted by Crippen LogP contribution is -2.32. The van der Waals surface area contributed by atoms with Gasteiger partial charge in [-0.3, -0.25) is 19.1 Å². The van der Waals surface area contributed by atoms with E-state index >= 15 is 0 Å². The number of carbonyl (C=O) groups excluding carboxylic acids is 1. The number of carbonyl (C=O) groups is 1. The molecule has 14 heteroatoms. The Labute approximate surface area is 172 Å². The van der Waals surface area contributed by atoms with E-state index in [0.29, 0.717) is 12.1 Å².